The zero-order chi connectivity index (χ0) is 33.5. The summed E-state index contributed by atoms with van der Waals surface area (Å²) in [7, 11) is 0. The number of alkyl halides is 3. The van der Waals surface area contributed by atoms with Gasteiger partial charge in [0.15, 0.2) is 0 Å². The maximum absolute atomic E-state index is 13.6. The van der Waals surface area contributed by atoms with Crippen molar-refractivity contribution in [3.63, 3.8) is 0 Å². The van der Waals surface area contributed by atoms with Crippen molar-refractivity contribution in [1.29, 1.82) is 0 Å². The minimum absolute atomic E-state index is 0.109. The third-order valence-electron chi connectivity index (χ3n) is 10.5. The Hall–Kier alpha value is -5.67. The van der Waals surface area contributed by atoms with Gasteiger partial charge in [-0.2, -0.15) is 13.2 Å². The van der Waals surface area contributed by atoms with Crippen LogP contribution in [0.25, 0.3) is 76.8 Å². The van der Waals surface area contributed by atoms with Crippen LogP contribution in [0, 0.1) is 0 Å². The van der Waals surface area contributed by atoms with E-state index in [-0.39, 0.29) is 5.41 Å². The number of fused-ring (bicyclic) bond motifs is 6. The Bertz CT molecular complexity index is 2600. The number of hydrogen-bond donors (Lipinski definition) is 0. The molecular formula is C46H31F3. The van der Waals surface area contributed by atoms with Gasteiger partial charge in [-0.05, 0) is 112 Å². The highest BCUT2D eigenvalue weighted by molar-refractivity contribution is 6.22. The number of benzene rings is 8. The molecule has 236 valence electrons. The molecule has 1 aliphatic carbocycles. The van der Waals surface area contributed by atoms with Gasteiger partial charge >= 0.3 is 6.18 Å². The van der Waals surface area contributed by atoms with E-state index >= 15 is 0 Å². The lowest BCUT2D eigenvalue weighted by molar-refractivity contribution is -0.137. The van der Waals surface area contributed by atoms with Gasteiger partial charge in [0, 0.05) is 5.41 Å². The largest absolute Gasteiger partial charge is 0.416 e. The Labute approximate surface area is 283 Å². The molecule has 0 nitrogen and oxygen atoms in total. The fourth-order valence-electron chi connectivity index (χ4n) is 8.15. The zero-order valence-corrected chi connectivity index (χ0v) is 27.1. The quantitative estimate of drug-likeness (QED) is 0.169. The normalized spacial score (nSPS) is 13.6. The Morgan fingerprint density at radius 2 is 0.959 bits per heavy atom. The van der Waals surface area contributed by atoms with Crippen molar-refractivity contribution in [2.24, 2.45) is 0 Å². The molecule has 0 radical (unpaired) electrons. The summed E-state index contributed by atoms with van der Waals surface area (Å²) in [5.41, 5.74) is 10.5. The van der Waals surface area contributed by atoms with E-state index in [1.165, 1.54) is 45.2 Å². The summed E-state index contributed by atoms with van der Waals surface area (Å²) >= 11 is 0. The molecule has 0 atom stereocenters. The van der Waals surface area contributed by atoms with Gasteiger partial charge in [-0.3, -0.25) is 0 Å². The molecule has 3 heteroatoms. The monoisotopic (exact) mass is 640 g/mol. The third kappa shape index (κ3) is 4.53. The zero-order valence-electron chi connectivity index (χ0n) is 27.1. The molecule has 8 aromatic carbocycles. The summed E-state index contributed by atoms with van der Waals surface area (Å²) in [6.07, 6.45) is -4.40. The molecular weight excluding hydrogens is 610 g/mol. The molecule has 0 bridgehead atoms. The van der Waals surface area contributed by atoms with Crippen LogP contribution in [0.2, 0.25) is 0 Å². The fraction of sp³-hybridized carbons (Fsp3) is 0.0870. The predicted molar refractivity (Wildman–Crippen MR) is 198 cm³/mol. The van der Waals surface area contributed by atoms with Crippen molar-refractivity contribution in [3.05, 3.63) is 168 Å². The standard InChI is InChI=1S/C46H31F3/c1-45(2)41-17-8-7-13-35(41)39-27-31(21-25-42(39)45)44-37-15-6-5-14-36(37)43(29-18-22-32(23-19-29)46(47,48)49)38-24-20-30(26-40(38)44)34-16-9-11-28-10-3-4-12-33(28)34/h3-27H,1-2H3. The van der Waals surface area contributed by atoms with Crippen LogP contribution < -0.4 is 0 Å². The molecule has 8 aromatic rings. The molecule has 1 aliphatic rings. The van der Waals surface area contributed by atoms with Gasteiger partial charge in [-0.1, -0.05) is 141 Å². The molecule has 49 heavy (non-hydrogen) atoms. The van der Waals surface area contributed by atoms with Gasteiger partial charge in [-0.15, -0.1) is 0 Å². The molecule has 0 heterocycles. The molecule has 0 saturated carbocycles. The van der Waals surface area contributed by atoms with Crippen LogP contribution in [0.5, 0.6) is 0 Å². The summed E-state index contributed by atoms with van der Waals surface area (Å²) in [6.45, 7) is 4.58. The van der Waals surface area contributed by atoms with Gasteiger partial charge in [0.05, 0.1) is 5.56 Å². The van der Waals surface area contributed by atoms with Crippen LogP contribution in [0.4, 0.5) is 13.2 Å². The molecule has 0 saturated heterocycles. The Balaban J connectivity index is 1.38. The molecule has 0 aliphatic heterocycles. The first-order valence-electron chi connectivity index (χ1n) is 16.6. The number of halogens is 3. The lowest BCUT2D eigenvalue weighted by Gasteiger charge is -2.22. The molecule has 0 N–H and O–H groups in total. The highest BCUT2D eigenvalue weighted by Crippen LogP contribution is 2.51. The van der Waals surface area contributed by atoms with Crippen LogP contribution >= 0.6 is 0 Å². The highest BCUT2D eigenvalue weighted by atomic mass is 19.4. The Morgan fingerprint density at radius 3 is 1.71 bits per heavy atom. The predicted octanol–water partition coefficient (Wildman–Crippen LogP) is 13.5. The molecule has 0 amide bonds. The van der Waals surface area contributed by atoms with Crippen molar-refractivity contribution in [2.45, 2.75) is 25.4 Å². The van der Waals surface area contributed by atoms with E-state index in [0.29, 0.717) is 0 Å². The lowest BCUT2D eigenvalue weighted by Crippen LogP contribution is -2.14. The first-order chi connectivity index (χ1) is 23.7. The van der Waals surface area contributed by atoms with Crippen molar-refractivity contribution >= 4 is 32.3 Å². The molecule has 0 aromatic heterocycles. The number of hydrogen-bond acceptors (Lipinski definition) is 0. The van der Waals surface area contributed by atoms with Gasteiger partial charge in [0.1, 0.15) is 0 Å². The molecule has 0 fully saturated rings. The highest BCUT2D eigenvalue weighted by Gasteiger charge is 2.35. The maximum atomic E-state index is 13.6. The lowest BCUT2D eigenvalue weighted by atomic mass is 9.81. The topological polar surface area (TPSA) is 0 Å². The van der Waals surface area contributed by atoms with Crippen LogP contribution in [0.15, 0.2) is 152 Å². The SMILES string of the molecule is CC1(C)c2ccccc2-c2cc(-c3c4ccccc4c(-c4ccc(C(F)(F)F)cc4)c4ccc(-c5cccc6ccccc56)cc34)ccc21. The first-order valence-corrected chi connectivity index (χ1v) is 16.6. The Kier molecular flexibility index (Phi) is 6.42. The fourth-order valence-corrected chi connectivity index (χ4v) is 8.15. The van der Waals surface area contributed by atoms with Crippen LogP contribution in [0.1, 0.15) is 30.5 Å². The second-order valence-electron chi connectivity index (χ2n) is 13.6. The van der Waals surface area contributed by atoms with Crippen LogP contribution in [0.3, 0.4) is 0 Å². The van der Waals surface area contributed by atoms with E-state index in [4.69, 9.17) is 0 Å². The van der Waals surface area contributed by atoms with Crippen LogP contribution in [-0.4, -0.2) is 0 Å². The van der Waals surface area contributed by atoms with Gasteiger partial charge in [0.25, 0.3) is 0 Å². The second-order valence-corrected chi connectivity index (χ2v) is 13.6. The third-order valence-corrected chi connectivity index (χ3v) is 10.5. The van der Waals surface area contributed by atoms with Crippen molar-refractivity contribution in [2.75, 3.05) is 0 Å². The van der Waals surface area contributed by atoms with E-state index in [9.17, 15) is 13.2 Å². The van der Waals surface area contributed by atoms with E-state index in [0.717, 1.165) is 54.9 Å². The smallest absolute Gasteiger partial charge is 0.166 e. The van der Waals surface area contributed by atoms with E-state index < -0.39 is 11.7 Å². The van der Waals surface area contributed by atoms with Gasteiger partial charge in [0.2, 0.25) is 0 Å². The minimum atomic E-state index is -4.40. The molecule has 0 unspecified atom stereocenters. The first kappa shape index (κ1) is 29.5. The minimum Gasteiger partial charge on any atom is -0.166 e. The van der Waals surface area contributed by atoms with Gasteiger partial charge < -0.3 is 0 Å². The summed E-state index contributed by atoms with van der Waals surface area (Å²) in [6, 6.07) is 50.8. The number of rotatable bonds is 3. The Morgan fingerprint density at radius 1 is 0.408 bits per heavy atom. The van der Waals surface area contributed by atoms with E-state index in [2.05, 4.69) is 135 Å². The average molecular weight is 641 g/mol. The summed E-state index contributed by atoms with van der Waals surface area (Å²) < 4.78 is 40.9. The maximum Gasteiger partial charge on any atom is 0.416 e. The summed E-state index contributed by atoms with van der Waals surface area (Å²) in [5.74, 6) is 0. The average Bonchev–Trinajstić information content (AvgIpc) is 3.35. The van der Waals surface area contributed by atoms with Crippen molar-refractivity contribution in [1.82, 2.24) is 0 Å². The van der Waals surface area contributed by atoms with Crippen LogP contribution in [-0.2, 0) is 11.6 Å². The van der Waals surface area contributed by atoms with E-state index in [1.54, 1.807) is 12.1 Å². The summed E-state index contributed by atoms with van der Waals surface area (Å²) in [5, 5.41) is 6.47. The van der Waals surface area contributed by atoms with E-state index in [1.807, 2.05) is 6.07 Å². The van der Waals surface area contributed by atoms with Crippen molar-refractivity contribution < 1.29 is 13.2 Å². The molecule has 0 spiro atoms. The molecule has 9 rings (SSSR count). The van der Waals surface area contributed by atoms with Crippen molar-refractivity contribution in [3.8, 4) is 44.5 Å². The van der Waals surface area contributed by atoms with Gasteiger partial charge in [-0.25, -0.2) is 0 Å². The summed E-state index contributed by atoms with van der Waals surface area (Å²) in [4.78, 5) is 0. The second kappa shape index (κ2) is 10.7.